The minimum Gasteiger partial charge on any atom is -0.311 e. The first kappa shape index (κ1) is 54.9. The van der Waals surface area contributed by atoms with E-state index in [1.165, 1.54) is 89.0 Å². The molecule has 3 nitrogen and oxygen atoms in total. The van der Waals surface area contributed by atoms with E-state index in [2.05, 4.69) is 363 Å². The Bertz CT molecular complexity index is 5690. The zero-order valence-electron chi connectivity index (χ0n) is 52.9. The Labute approximate surface area is 564 Å². The maximum atomic E-state index is 6.25. The number of benzene rings is 15. The van der Waals surface area contributed by atoms with E-state index in [1.54, 1.807) is 0 Å². The van der Waals surface area contributed by atoms with Crippen molar-refractivity contribution < 1.29 is 0 Å². The summed E-state index contributed by atoms with van der Waals surface area (Å²) in [6.07, 6.45) is 0. The molecule has 4 aliphatic rings. The van der Waals surface area contributed by atoms with Crippen molar-refractivity contribution in [2.45, 2.75) is 10.8 Å². The average Bonchev–Trinajstić information content (AvgIpc) is 1.53. The molecular weight excluding hydrogens is 1170 g/mol. The highest BCUT2D eigenvalue weighted by atomic mass is 15.1. The van der Waals surface area contributed by atoms with Gasteiger partial charge in [-0.05, 0) is 160 Å². The molecule has 0 N–H and O–H groups in total. The molecular formula is C94H59N3. The maximum absolute atomic E-state index is 6.25. The van der Waals surface area contributed by atoms with E-state index in [-0.39, 0.29) is 0 Å². The normalized spacial score (nSPS) is 13.3. The average molecular weight is 1230 g/mol. The Morgan fingerprint density at radius 3 is 0.763 bits per heavy atom. The number of nitrogens with zero attached hydrogens (tertiary/aromatic N) is 3. The zero-order valence-corrected chi connectivity index (χ0v) is 52.9. The molecule has 0 saturated carbocycles. The smallest absolute Gasteiger partial charge is 0.0986 e. The number of aromatic nitrogens is 2. The zero-order chi connectivity index (χ0) is 63.8. The molecule has 1 heterocycles. The van der Waals surface area contributed by atoms with Crippen LogP contribution in [0, 0.1) is 0 Å². The van der Waals surface area contributed by atoms with Crippen LogP contribution >= 0.6 is 0 Å². The van der Waals surface area contributed by atoms with Crippen molar-refractivity contribution in [2.75, 3.05) is 4.90 Å². The van der Waals surface area contributed by atoms with Gasteiger partial charge in [-0.2, -0.15) is 0 Å². The van der Waals surface area contributed by atoms with Crippen molar-refractivity contribution >= 4 is 28.1 Å². The first-order chi connectivity index (χ1) is 48.2. The predicted molar refractivity (Wildman–Crippen MR) is 399 cm³/mol. The number of anilines is 3. The number of fused-ring (bicyclic) bond motifs is 21. The van der Waals surface area contributed by atoms with Gasteiger partial charge in [-0.3, -0.25) is 0 Å². The van der Waals surface area contributed by atoms with Crippen molar-refractivity contribution in [1.29, 1.82) is 0 Å². The monoisotopic (exact) mass is 1230 g/mol. The fourth-order valence-corrected chi connectivity index (χ4v) is 17.5. The summed E-state index contributed by atoms with van der Waals surface area (Å²) in [5.74, 6) is 0. The van der Waals surface area contributed by atoms with Gasteiger partial charge in [0.15, 0.2) is 0 Å². The first-order valence-electron chi connectivity index (χ1n) is 33.6. The van der Waals surface area contributed by atoms with Gasteiger partial charge in [0.1, 0.15) is 0 Å². The Hall–Kier alpha value is -12.6. The topological polar surface area (TPSA) is 29.0 Å². The minimum atomic E-state index is -0.601. The summed E-state index contributed by atoms with van der Waals surface area (Å²) < 4.78 is 0. The highest BCUT2D eigenvalue weighted by Crippen LogP contribution is 2.66. The van der Waals surface area contributed by atoms with Crippen LogP contribution in [0.1, 0.15) is 44.5 Å². The molecule has 1 aromatic heterocycles. The highest BCUT2D eigenvalue weighted by Gasteiger charge is 2.53. The van der Waals surface area contributed by atoms with Crippen molar-refractivity contribution in [2.24, 2.45) is 0 Å². The molecule has 0 bridgehead atoms. The summed E-state index contributed by atoms with van der Waals surface area (Å²) in [5, 5.41) is 0. The summed E-state index contributed by atoms with van der Waals surface area (Å²) in [7, 11) is 0. The molecule has 0 unspecified atom stereocenters. The SMILES string of the molecule is c1ccc(-c2nc3c(-c4ccccc4)c(-c4ccc5c(c4)C4(c6ccccc6-c6ccccc64)c4ccccc4-5)c(-c4ccc5c(c4)C4(c6ccccc6-c6ccccc64)c4ccccc4-5)c(-c4ccccc4)c3nc2-c2ccc(N(c3ccccc3)c3ccccc3)cc2)cc1. The molecule has 0 amide bonds. The fourth-order valence-electron chi connectivity index (χ4n) is 17.5. The highest BCUT2D eigenvalue weighted by molar-refractivity contribution is 6.17. The molecule has 0 atom stereocenters. The van der Waals surface area contributed by atoms with Gasteiger partial charge in [0, 0.05) is 50.4 Å². The summed E-state index contributed by atoms with van der Waals surface area (Å²) >= 11 is 0. The molecule has 0 aliphatic heterocycles. The van der Waals surface area contributed by atoms with Gasteiger partial charge < -0.3 is 4.90 Å². The molecule has 97 heavy (non-hydrogen) atoms. The van der Waals surface area contributed by atoms with Gasteiger partial charge >= 0.3 is 0 Å². The third-order valence-electron chi connectivity index (χ3n) is 21.3. The summed E-state index contributed by atoms with van der Waals surface area (Å²) in [4.78, 5) is 14.8. The Morgan fingerprint density at radius 2 is 0.433 bits per heavy atom. The van der Waals surface area contributed by atoms with Crippen molar-refractivity contribution in [3.63, 3.8) is 0 Å². The van der Waals surface area contributed by atoms with Crippen LogP contribution in [-0.4, -0.2) is 9.97 Å². The van der Waals surface area contributed by atoms with Crippen LogP contribution in [0.4, 0.5) is 17.1 Å². The van der Waals surface area contributed by atoms with Crippen LogP contribution in [0.25, 0.3) is 123 Å². The van der Waals surface area contributed by atoms with Gasteiger partial charge in [0.05, 0.1) is 33.3 Å². The minimum absolute atomic E-state index is 0.597. The van der Waals surface area contributed by atoms with Gasteiger partial charge in [0.2, 0.25) is 0 Å². The molecule has 4 aliphatic carbocycles. The lowest BCUT2D eigenvalue weighted by molar-refractivity contribution is 0.794. The summed E-state index contributed by atoms with van der Waals surface area (Å²) in [6.45, 7) is 0. The lowest BCUT2D eigenvalue weighted by Crippen LogP contribution is -2.26. The lowest BCUT2D eigenvalue weighted by atomic mass is 9.69. The van der Waals surface area contributed by atoms with Crippen LogP contribution in [0.3, 0.4) is 0 Å². The molecule has 2 spiro atoms. The van der Waals surface area contributed by atoms with E-state index in [0.29, 0.717) is 0 Å². The number of rotatable bonds is 9. The Kier molecular flexibility index (Phi) is 12.2. The molecule has 20 rings (SSSR count). The van der Waals surface area contributed by atoms with Crippen molar-refractivity contribution in [3.8, 4) is 112 Å². The van der Waals surface area contributed by atoms with Crippen LogP contribution in [0.15, 0.2) is 358 Å². The van der Waals surface area contributed by atoms with E-state index in [9.17, 15) is 0 Å². The molecule has 16 aromatic rings. The van der Waals surface area contributed by atoms with Crippen molar-refractivity contribution in [3.05, 3.63) is 402 Å². The fraction of sp³-hybridized carbons (Fsp3) is 0.0213. The second kappa shape index (κ2) is 21.5. The Morgan fingerprint density at radius 1 is 0.186 bits per heavy atom. The summed E-state index contributed by atoms with van der Waals surface area (Å²) in [5.41, 5.74) is 36.1. The molecule has 0 saturated heterocycles. The van der Waals surface area contributed by atoms with Crippen LogP contribution in [-0.2, 0) is 10.8 Å². The second-order valence-corrected chi connectivity index (χ2v) is 26.1. The van der Waals surface area contributed by atoms with E-state index in [4.69, 9.17) is 9.97 Å². The van der Waals surface area contributed by atoms with E-state index < -0.39 is 10.8 Å². The van der Waals surface area contributed by atoms with E-state index >= 15 is 0 Å². The van der Waals surface area contributed by atoms with E-state index in [0.717, 1.165) is 95.1 Å². The molecule has 450 valence electrons. The van der Waals surface area contributed by atoms with Gasteiger partial charge in [0.25, 0.3) is 0 Å². The third-order valence-corrected chi connectivity index (χ3v) is 21.3. The standard InChI is InChI=1S/C94H59N3/c1-6-28-60(29-7-1)87-85(64-52-56-75-73-42-20-26-48-81(73)93(83(75)58-64)77-44-22-16-38-69(77)70-39-17-23-45-78(70)93)86(65-53-57-76-74-43-21-27-49-82(74)94(84(76)59-65)79-46-24-18-40-71(79)72-41-19-25-47-80(72)94)88(61-30-8-2-9-31-61)92-91(87)95-89(62-32-10-3-11-33-62)90(96-92)63-50-54-68(55-51-63)97(66-34-12-4-13-35-66)67-36-14-5-15-37-67/h1-59H. The molecule has 0 fully saturated rings. The number of para-hydroxylation sites is 2. The molecule has 3 heteroatoms. The van der Waals surface area contributed by atoms with Gasteiger partial charge in [-0.1, -0.05) is 309 Å². The third kappa shape index (κ3) is 7.85. The number of hydrogen-bond acceptors (Lipinski definition) is 3. The molecule has 15 aromatic carbocycles. The van der Waals surface area contributed by atoms with Crippen LogP contribution in [0.2, 0.25) is 0 Å². The van der Waals surface area contributed by atoms with E-state index in [1.807, 2.05) is 0 Å². The maximum Gasteiger partial charge on any atom is 0.0986 e. The Balaban J connectivity index is 0.938. The second-order valence-electron chi connectivity index (χ2n) is 26.1. The molecule has 0 radical (unpaired) electrons. The lowest BCUT2D eigenvalue weighted by Gasteiger charge is -2.32. The van der Waals surface area contributed by atoms with Crippen LogP contribution in [0.5, 0.6) is 0 Å². The largest absolute Gasteiger partial charge is 0.311 e. The van der Waals surface area contributed by atoms with Gasteiger partial charge in [-0.15, -0.1) is 0 Å². The first-order valence-corrected chi connectivity index (χ1v) is 33.6. The predicted octanol–water partition coefficient (Wildman–Crippen LogP) is 23.8. The number of hydrogen-bond donors (Lipinski definition) is 0. The quantitative estimate of drug-likeness (QED) is 0.144. The van der Waals surface area contributed by atoms with Crippen molar-refractivity contribution in [1.82, 2.24) is 9.97 Å². The van der Waals surface area contributed by atoms with Crippen LogP contribution < -0.4 is 4.90 Å². The van der Waals surface area contributed by atoms with Gasteiger partial charge in [-0.25, -0.2) is 9.97 Å². The summed E-state index contributed by atoms with van der Waals surface area (Å²) in [6, 6.07) is 133.